The topological polar surface area (TPSA) is 109 Å². The van der Waals surface area contributed by atoms with Crippen LogP contribution in [-0.2, 0) is 4.79 Å². The lowest BCUT2D eigenvalue weighted by Crippen LogP contribution is -2.43. The van der Waals surface area contributed by atoms with Crippen LogP contribution in [0, 0.1) is 0 Å². The summed E-state index contributed by atoms with van der Waals surface area (Å²) < 4.78 is 0. The van der Waals surface area contributed by atoms with Crippen molar-refractivity contribution in [2.24, 2.45) is 5.73 Å². The Morgan fingerprint density at radius 3 is 2.62 bits per heavy atom. The molecule has 0 aliphatic heterocycles. The fourth-order valence-corrected chi connectivity index (χ4v) is 2.31. The number of pyridine rings is 1. The summed E-state index contributed by atoms with van der Waals surface area (Å²) in [6.45, 7) is 0.519. The van der Waals surface area contributed by atoms with Gasteiger partial charge in [0.05, 0.1) is 17.3 Å². The lowest BCUT2D eigenvalue weighted by Gasteiger charge is -2.14. The first kappa shape index (κ1) is 19.7. The van der Waals surface area contributed by atoms with Gasteiger partial charge < -0.3 is 11.1 Å². The molecule has 0 saturated carbocycles. The van der Waals surface area contributed by atoms with Crippen LogP contribution in [0.15, 0.2) is 48.8 Å². The minimum Gasteiger partial charge on any atom is -0.352 e. The van der Waals surface area contributed by atoms with Gasteiger partial charge in [0.15, 0.2) is 0 Å². The van der Waals surface area contributed by atoms with Crippen molar-refractivity contribution in [2.75, 3.05) is 12.0 Å². The van der Waals surface area contributed by atoms with Crippen molar-refractivity contribution in [3.63, 3.8) is 0 Å². The number of aromatic nitrogens is 1. The largest absolute Gasteiger partial charge is 0.352 e. The quantitative estimate of drug-likeness (QED) is 0.396. The predicted molar refractivity (Wildman–Crippen MR) is 102 cm³/mol. The minimum absolute atomic E-state index is 0.160. The molecule has 26 heavy (non-hydrogen) atoms. The number of nitrogens with zero attached hydrogens (tertiary/aromatic N) is 1. The Labute approximate surface area is 157 Å². The molecule has 2 amide bonds. The summed E-state index contributed by atoms with van der Waals surface area (Å²) in [5.41, 5.74) is 12.5. The molecule has 2 rings (SSSR count). The first-order chi connectivity index (χ1) is 12.6. The van der Waals surface area contributed by atoms with Gasteiger partial charge in [-0.1, -0.05) is 11.6 Å². The van der Waals surface area contributed by atoms with Crippen LogP contribution in [0.2, 0.25) is 5.02 Å². The number of rotatable bonds is 9. The van der Waals surface area contributed by atoms with E-state index in [1.54, 1.807) is 42.6 Å². The van der Waals surface area contributed by atoms with Crippen molar-refractivity contribution in [1.82, 2.24) is 15.7 Å². The number of unbranched alkanes of at least 4 members (excludes halogenated alkanes) is 1. The zero-order chi connectivity index (χ0) is 18.8. The van der Waals surface area contributed by atoms with E-state index in [0.29, 0.717) is 29.2 Å². The molecule has 1 aromatic carbocycles. The maximum Gasteiger partial charge on any atom is 0.255 e. The van der Waals surface area contributed by atoms with Crippen LogP contribution in [0.5, 0.6) is 0 Å². The molecule has 8 heteroatoms. The highest BCUT2D eigenvalue weighted by atomic mass is 35.5. The van der Waals surface area contributed by atoms with E-state index in [1.165, 1.54) is 6.20 Å². The van der Waals surface area contributed by atoms with Gasteiger partial charge in [-0.25, -0.2) is 0 Å². The Morgan fingerprint density at radius 2 is 1.92 bits per heavy atom. The maximum absolute atomic E-state index is 11.9. The van der Waals surface area contributed by atoms with E-state index in [0.717, 1.165) is 12.8 Å². The smallest absolute Gasteiger partial charge is 0.255 e. The molecule has 7 nitrogen and oxygen atoms in total. The van der Waals surface area contributed by atoms with E-state index < -0.39 is 6.04 Å². The molecule has 138 valence electrons. The average molecular weight is 376 g/mol. The Balaban J connectivity index is 1.59. The third kappa shape index (κ3) is 6.70. The molecule has 1 heterocycles. The first-order valence-corrected chi connectivity index (χ1v) is 8.69. The molecule has 0 aliphatic carbocycles. The number of halogens is 1. The molecule has 0 bridgehead atoms. The van der Waals surface area contributed by atoms with Gasteiger partial charge in [0, 0.05) is 24.0 Å². The lowest BCUT2D eigenvalue weighted by atomic mass is 10.1. The van der Waals surface area contributed by atoms with Gasteiger partial charge in [-0.3, -0.25) is 25.4 Å². The van der Waals surface area contributed by atoms with Crippen molar-refractivity contribution in [2.45, 2.75) is 25.3 Å². The number of amides is 2. The summed E-state index contributed by atoms with van der Waals surface area (Å²) in [7, 11) is 0. The molecule has 0 saturated heterocycles. The summed E-state index contributed by atoms with van der Waals surface area (Å²) in [5, 5.41) is 3.43. The number of hydrazine groups is 1. The molecule has 0 spiro atoms. The van der Waals surface area contributed by atoms with Crippen molar-refractivity contribution >= 4 is 29.1 Å². The zero-order valence-electron chi connectivity index (χ0n) is 14.2. The summed E-state index contributed by atoms with van der Waals surface area (Å²) in [5.74, 6) is -0.452. The summed E-state index contributed by atoms with van der Waals surface area (Å²) in [6.07, 6.45) is 5.12. The Hall–Kier alpha value is -2.64. The molecular formula is C18H22ClN5O2. The monoisotopic (exact) mass is 375 g/mol. The number of carbonyl (C=O) groups excluding carboxylic acids is 2. The number of carbonyl (C=O) groups is 2. The number of hydrogen-bond donors (Lipinski definition) is 4. The van der Waals surface area contributed by atoms with E-state index in [-0.39, 0.29) is 11.8 Å². The highest BCUT2D eigenvalue weighted by Crippen LogP contribution is 2.12. The van der Waals surface area contributed by atoms with Gasteiger partial charge in [0.1, 0.15) is 0 Å². The molecule has 1 aromatic heterocycles. The van der Waals surface area contributed by atoms with E-state index in [9.17, 15) is 9.59 Å². The molecule has 1 atom stereocenters. The van der Waals surface area contributed by atoms with Crippen molar-refractivity contribution in [3.8, 4) is 0 Å². The third-order valence-corrected chi connectivity index (χ3v) is 3.91. The minimum atomic E-state index is -0.621. The fourth-order valence-electron chi connectivity index (χ4n) is 2.18. The van der Waals surface area contributed by atoms with Crippen LogP contribution < -0.4 is 21.9 Å². The number of benzene rings is 1. The van der Waals surface area contributed by atoms with E-state index in [1.807, 2.05) is 0 Å². The molecule has 5 N–H and O–H groups in total. The number of hydrogen-bond acceptors (Lipinski definition) is 5. The van der Waals surface area contributed by atoms with Crippen LogP contribution in [0.25, 0.3) is 0 Å². The summed E-state index contributed by atoms with van der Waals surface area (Å²) in [6, 6.07) is 9.73. The third-order valence-electron chi connectivity index (χ3n) is 3.66. The van der Waals surface area contributed by atoms with Gasteiger partial charge in [-0.15, -0.1) is 0 Å². The number of nitrogens with two attached hydrogens (primary N) is 1. The van der Waals surface area contributed by atoms with Crippen molar-refractivity contribution in [1.29, 1.82) is 0 Å². The summed E-state index contributed by atoms with van der Waals surface area (Å²) >= 11 is 5.80. The van der Waals surface area contributed by atoms with Crippen LogP contribution in [0.1, 0.15) is 29.6 Å². The second-order valence-electron chi connectivity index (χ2n) is 5.72. The SMILES string of the molecule is N[C@@H](CCCCNC(=O)c1cccnc1)C(=O)NNc1ccc(Cl)cc1. The van der Waals surface area contributed by atoms with Crippen molar-refractivity contribution < 1.29 is 9.59 Å². The van der Waals surface area contributed by atoms with Gasteiger partial charge in [0.2, 0.25) is 0 Å². The highest BCUT2D eigenvalue weighted by Gasteiger charge is 2.12. The van der Waals surface area contributed by atoms with Gasteiger partial charge in [-0.2, -0.15) is 0 Å². The molecule has 0 fully saturated rings. The van der Waals surface area contributed by atoms with E-state index >= 15 is 0 Å². The first-order valence-electron chi connectivity index (χ1n) is 8.31. The molecule has 2 aromatic rings. The zero-order valence-corrected chi connectivity index (χ0v) is 15.0. The van der Waals surface area contributed by atoms with Crippen LogP contribution in [0.4, 0.5) is 5.69 Å². The molecular weight excluding hydrogens is 354 g/mol. The average Bonchev–Trinajstić information content (AvgIpc) is 2.67. The molecule has 0 aliphatic rings. The number of nitrogens with one attached hydrogen (secondary N) is 3. The van der Waals surface area contributed by atoms with E-state index in [2.05, 4.69) is 21.2 Å². The second-order valence-corrected chi connectivity index (χ2v) is 6.16. The molecule has 0 unspecified atom stereocenters. The van der Waals surface area contributed by atoms with E-state index in [4.69, 9.17) is 17.3 Å². The predicted octanol–water partition coefficient (Wildman–Crippen LogP) is 2.11. The number of anilines is 1. The molecule has 0 radical (unpaired) electrons. The Morgan fingerprint density at radius 1 is 1.15 bits per heavy atom. The second kappa shape index (κ2) is 10.4. The summed E-state index contributed by atoms with van der Waals surface area (Å²) in [4.78, 5) is 27.7. The van der Waals surface area contributed by atoms with Crippen molar-refractivity contribution in [3.05, 3.63) is 59.4 Å². The standard InChI is InChI=1S/C18H22ClN5O2/c19-14-6-8-15(9-7-14)23-24-18(26)16(20)5-1-2-11-22-17(25)13-4-3-10-21-12-13/h3-4,6-10,12,16,23H,1-2,5,11,20H2,(H,22,25)(H,24,26)/t16-/m0/s1. The highest BCUT2D eigenvalue weighted by molar-refractivity contribution is 6.30. The van der Waals surface area contributed by atoms with Crippen LogP contribution in [0.3, 0.4) is 0 Å². The maximum atomic E-state index is 11.9. The fraction of sp³-hybridized carbons (Fsp3) is 0.278. The van der Waals surface area contributed by atoms with Crippen LogP contribution >= 0.6 is 11.6 Å². The van der Waals surface area contributed by atoms with Gasteiger partial charge in [-0.05, 0) is 55.7 Å². The van der Waals surface area contributed by atoms with Gasteiger partial charge in [0.25, 0.3) is 11.8 Å². The van der Waals surface area contributed by atoms with Crippen LogP contribution in [-0.4, -0.2) is 29.4 Å². The lowest BCUT2D eigenvalue weighted by molar-refractivity contribution is -0.122. The Kier molecular flexibility index (Phi) is 7.85. The Bertz CT molecular complexity index is 709. The normalized spacial score (nSPS) is 11.5. The van der Waals surface area contributed by atoms with Gasteiger partial charge >= 0.3 is 0 Å².